The number of Topliss-reactive ketones (excluding diaryl/α,β-unsaturated/α-hetero) is 1. The number of ketones is 1. The number of aliphatic hydroxyl groups is 1. The van der Waals surface area contributed by atoms with Gasteiger partial charge in [-0.2, -0.15) is 4.98 Å². The molecular formula is C18H26N4O4. The second kappa shape index (κ2) is 7.08. The Hall–Kier alpha value is -1.80. The summed E-state index contributed by atoms with van der Waals surface area (Å²) in [6, 6.07) is -0.511. The maximum Gasteiger partial charge on any atom is 0.240 e. The summed E-state index contributed by atoms with van der Waals surface area (Å²) in [5.41, 5.74) is -0.346. The number of nitrogens with zero attached hydrogens (tertiary/aromatic N) is 3. The lowest BCUT2D eigenvalue weighted by atomic mass is 9.99. The first kappa shape index (κ1) is 17.6. The molecule has 3 aliphatic rings. The summed E-state index contributed by atoms with van der Waals surface area (Å²) in [5.74, 6) is 0.593. The first-order valence-corrected chi connectivity index (χ1v) is 9.65. The standard InChI is InChI=1S/C18H26N4O4/c23-11-18(7-1-2-8-18)19-10-14(24)22-9-3-4-13(22)15(25)16-20-17(26-21-16)12-5-6-12/h12-13,19,23H,1-11H2. The predicted octanol–water partition coefficient (Wildman–Crippen LogP) is 1.02. The maximum atomic E-state index is 12.8. The summed E-state index contributed by atoms with van der Waals surface area (Å²) in [4.78, 5) is 31.3. The Balaban J connectivity index is 1.38. The summed E-state index contributed by atoms with van der Waals surface area (Å²) in [5, 5.41) is 16.7. The molecular weight excluding hydrogens is 336 g/mol. The zero-order chi connectivity index (χ0) is 18.1. The predicted molar refractivity (Wildman–Crippen MR) is 91.6 cm³/mol. The van der Waals surface area contributed by atoms with Crippen LogP contribution in [0.2, 0.25) is 0 Å². The lowest BCUT2D eigenvalue weighted by molar-refractivity contribution is -0.130. The fraction of sp³-hybridized carbons (Fsp3) is 0.778. The van der Waals surface area contributed by atoms with Crippen molar-refractivity contribution >= 4 is 11.7 Å². The molecule has 1 aromatic rings. The molecule has 0 spiro atoms. The van der Waals surface area contributed by atoms with Crippen molar-refractivity contribution in [3.63, 3.8) is 0 Å². The van der Waals surface area contributed by atoms with Crippen molar-refractivity contribution in [1.82, 2.24) is 20.4 Å². The van der Waals surface area contributed by atoms with Gasteiger partial charge in [0.25, 0.3) is 0 Å². The van der Waals surface area contributed by atoms with Gasteiger partial charge in [-0.05, 0) is 38.5 Å². The van der Waals surface area contributed by atoms with Gasteiger partial charge in [0.05, 0.1) is 19.2 Å². The van der Waals surface area contributed by atoms with Crippen LogP contribution in [-0.4, -0.2) is 63.1 Å². The molecule has 2 N–H and O–H groups in total. The van der Waals surface area contributed by atoms with E-state index in [1.807, 2.05) is 0 Å². The molecule has 0 radical (unpaired) electrons. The summed E-state index contributed by atoms with van der Waals surface area (Å²) in [6.07, 6.45) is 7.37. The van der Waals surface area contributed by atoms with Crippen LogP contribution in [0.15, 0.2) is 4.52 Å². The van der Waals surface area contributed by atoms with Gasteiger partial charge in [-0.25, -0.2) is 0 Å². The maximum absolute atomic E-state index is 12.8. The van der Waals surface area contributed by atoms with Crippen molar-refractivity contribution in [1.29, 1.82) is 0 Å². The molecule has 142 valence electrons. The van der Waals surface area contributed by atoms with Gasteiger partial charge in [0.15, 0.2) is 0 Å². The van der Waals surface area contributed by atoms with Crippen LogP contribution >= 0.6 is 0 Å². The summed E-state index contributed by atoms with van der Waals surface area (Å²) >= 11 is 0. The lowest BCUT2D eigenvalue weighted by Gasteiger charge is -2.30. The zero-order valence-corrected chi connectivity index (χ0v) is 14.9. The molecule has 4 rings (SSSR count). The normalized spacial score (nSPS) is 25.0. The van der Waals surface area contributed by atoms with E-state index < -0.39 is 6.04 Å². The van der Waals surface area contributed by atoms with Gasteiger partial charge < -0.3 is 19.8 Å². The second-order valence-corrected chi connectivity index (χ2v) is 7.84. The van der Waals surface area contributed by atoms with Crippen LogP contribution in [0, 0.1) is 0 Å². The average molecular weight is 362 g/mol. The smallest absolute Gasteiger partial charge is 0.240 e. The second-order valence-electron chi connectivity index (χ2n) is 7.84. The third kappa shape index (κ3) is 3.40. The number of hydrogen-bond acceptors (Lipinski definition) is 7. The van der Waals surface area contributed by atoms with Crippen molar-refractivity contribution in [2.75, 3.05) is 19.7 Å². The van der Waals surface area contributed by atoms with E-state index in [9.17, 15) is 14.7 Å². The molecule has 2 saturated carbocycles. The van der Waals surface area contributed by atoms with E-state index in [0.717, 1.165) is 44.9 Å². The highest BCUT2D eigenvalue weighted by molar-refractivity contribution is 5.99. The highest BCUT2D eigenvalue weighted by Gasteiger charge is 2.39. The van der Waals surface area contributed by atoms with Gasteiger partial charge in [-0.1, -0.05) is 18.0 Å². The highest BCUT2D eigenvalue weighted by atomic mass is 16.5. The molecule has 1 aromatic heterocycles. The molecule has 0 aromatic carbocycles. The molecule has 0 bridgehead atoms. The number of carbonyl (C=O) groups is 2. The monoisotopic (exact) mass is 362 g/mol. The molecule has 8 heteroatoms. The van der Waals surface area contributed by atoms with E-state index >= 15 is 0 Å². The highest BCUT2D eigenvalue weighted by Crippen LogP contribution is 2.39. The number of nitrogens with one attached hydrogen (secondary N) is 1. The Kier molecular flexibility index (Phi) is 4.79. The van der Waals surface area contributed by atoms with Gasteiger partial charge in [-0.15, -0.1) is 0 Å². The van der Waals surface area contributed by atoms with Gasteiger partial charge in [0.2, 0.25) is 23.4 Å². The van der Waals surface area contributed by atoms with Gasteiger partial charge in [0, 0.05) is 18.0 Å². The first-order valence-electron chi connectivity index (χ1n) is 9.65. The van der Waals surface area contributed by atoms with Crippen LogP contribution in [0.1, 0.15) is 73.8 Å². The molecule has 2 heterocycles. The third-order valence-electron chi connectivity index (χ3n) is 5.94. The van der Waals surface area contributed by atoms with Gasteiger partial charge in [0.1, 0.15) is 0 Å². The number of aliphatic hydroxyl groups excluding tert-OH is 1. The molecule has 8 nitrogen and oxygen atoms in total. The summed E-state index contributed by atoms with van der Waals surface area (Å²) in [7, 11) is 0. The molecule has 3 fully saturated rings. The van der Waals surface area contributed by atoms with Crippen LogP contribution in [0.4, 0.5) is 0 Å². The van der Waals surface area contributed by atoms with Crippen LogP contribution in [0.25, 0.3) is 0 Å². The SMILES string of the molecule is O=C(c1noc(C2CC2)n1)C1CCCN1C(=O)CNC1(CO)CCCC1. The molecule has 1 amide bonds. The zero-order valence-electron chi connectivity index (χ0n) is 14.9. The number of amides is 1. The van der Waals surface area contributed by atoms with Crippen LogP contribution in [-0.2, 0) is 4.79 Å². The van der Waals surface area contributed by atoms with Crippen molar-refractivity contribution in [3.8, 4) is 0 Å². The van der Waals surface area contributed by atoms with E-state index in [-0.39, 0.29) is 36.2 Å². The molecule has 26 heavy (non-hydrogen) atoms. The number of aromatic nitrogens is 2. The fourth-order valence-electron chi connectivity index (χ4n) is 4.13. The number of rotatable bonds is 7. The Morgan fingerprint density at radius 1 is 1.23 bits per heavy atom. The summed E-state index contributed by atoms with van der Waals surface area (Å²) < 4.78 is 5.18. The summed E-state index contributed by atoms with van der Waals surface area (Å²) in [6.45, 7) is 0.746. The molecule has 1 unspecified atom stereocenters. The Morgan fingerprint density at radius 2 is 2.00 bits per heavy atom. The van der Waals surface area contributed by atoms with Crippen LogP contribution in [0.5, 0.6) is 0 Å². The molecule has 1 saturated heterocycles. The molecule has 1 atom stereocenters. The largest absolute Gasteiger partial charge is 0.394 e. The first-order chi connectivity index (χ1) is 12.6. The van der Waals surface area contributed by atoms with E-state index in [0.29, 0.717) is 24.8 Å². The van der Waals surface area contributed by atoms with E-state index in [4.69, 9.17) is 4.52 Å². The Labute approximate surface area is 152 Å². The molecule has 1 aliphatic heterocycles. The Bertz CT molecular complexity index is 678. The van der Waals surface area contributed by atoms with Gasteiger partial charge >= 0.3 is 0 Å². The van der Waals surface area contributed by atoms with E-state index in [2.05, 4.69) is 15.5 Å². The number of likely N-dealkylation sites (tertiary alicyclic amines) is 1. The third-order valence-corrected chi connectivity index (χ3v) is 5.94. The lowest BCUT2D eigenvalue weighted by Crippen LogP contribution is -2.52. The van der Waals surface area contributed by atoms with Crippen LogP contribution < -0.4 is 5.32 Å². The van der Waals surface area contributed by atoms with E-state index in [1.165, 1.54) is 0 Å². The number of hydrogen-bond donors (Lipinski definition) is 2. The number of carbonyl (C=O) groups excluding carboxylic acids is 2. The quantitative estimate of drug-likeness (QED) is 0.697. The molecule has 2 aliphatic carbocycles. The topological polar surface area (TPSA) is 109 Å². The van der Waals surface area contributed by atoms with Crippen LogP contribution in [0.3, 0.4) is 0 Å². The van der Waals surface area contributed by atoms with Crippen molar-refractivity contribution < 1.29 is 19.2 Å². The Morgan fingerprint density at radius 3 is 2.69 bits per heavy atom. The van der Waals surface area contributed by atoms with Crippen molar-refractivity contribution in [3.05, 3.63) is 11.7 Å². The minimum atomic E-state index is -0.511. The fourth-order valence-corrected chi connectivity index (χ4v) is 4.13. The van der Waals surface area contributed by atoms with E-state index in [1.54, 1.807) is 4.90 Å². The average Bonchev–Trinajstić information content (AvgIpc) is 3.12. The van der Waals surface area contributed by atoms with Crippen molar-refractivity contribution in [2.45, 2.75) is 68.9 Å². The minimum Gasteiger partial charge on any atom is -0.394 e. The minimum absolute atomic E-state index is 0.0371. The van der Waals surface area contributed by atoms with Crippen molar-refractivity contribution in [2.24, 2.45) is 0 Å². The van der Waals surface area contributed by atoms with Gasteiger partial charge in [-0.3, -0.25) is 9.59 Å².